The van der Waals surface area contributed by atoms with Crippen LogP contribution in [0.5, 0.6) is 5.75 Å². The molecule has 0 aliphatic heterocycles. The van der Waals surface area contributed by atoms with Gasteiger partial charge in [0, 0.05) is 5.56 Å². The van der Waals surface area contributed by atoms with E-state index in [9.17, 15) is 0 Å². The van der Waals surface area contributed by atoms with Gasteiger partial charge in [0.05, 0.1) is 5.02 Å². The van der Waals surface area contributed by atoms with Crippen molar-refractivity contribution in [1.29, 1.82) is 0 Å². The van der Waals surface area contributed by atoms with Gasteiger partial charge in [0.15, 0.2) is 0 Å². The molecule has 0 atom stereocenters. The summed E-state index contributed by atoms with van der Waals surface area (Å²) in [5, 5.41) is 0.657. The molecule has 0 N–H and O–H groups in total. The molecule has 2 aromatic carbocycles. The van der Waals surface area contributed by atoms with Crippen LogP contribution in [0.1, 0.15) is 35.4 Å². The number of hydrogen-bond acceptors (Lipinski definition) is 1. The van der Waals surface area contributed by atoms with Crippen molar-refractivity contribution >= 4 is 17.4 Å². The molecule has 102 valence electrons. The molecule has 2 aromatic rings. The van der Waals surface area contributed by atoms with Gasteiger partial charge in [0.1, 0.15) is 11.5 Å². The van der Waals surface area contributed by atoms with Crippen LogP contribution < -0.4 is 4.74 Å². The topological polar surface area (TPSA) is 9.23 Å². The number of aryl methyl sites for hydroxylation is 1. The summed E-state index contributed by atoms with van der Waals surface area (Å²) < 4.78 is 6.02. The second kappa shape index (κ2) is 5.34. The van der Waals surface area contributed by atoms with Gasteiger partial charge in [-0.25, -0.2) is 0 Å². The van der Waals surface area contributed by atoms with E-state index in [1.54, 1.807) is 0 Å². The lowest BCUT2D eigenvalue weighted by Gasteiger charge is -2.15. The number of para-hydroxylation sites is 1. The molecule has 20 heavy (non-hydrogen) atoms. The van der Waals surface area contributed by atoms with Crippen molar-refractivity contribution in [2.45, 2.75) is 25.7 Å². The molecule has 1 nitrogen and oxygen atoms in total. The van der Waals surface area contributed by atoms with E-state index in [1.165, 1.54) is 18.4 Å². The Hall–Kier alpha value is -1.73. The lowest BCUT2D eigenvalue weighted by Crippen LogP contribution is -1.99. The highest BCUT2D eigenvalue weighted by molar-refractivity contribution is 6.32. The van der Waals surface area contributed by atoms with Crippen molar-refractivity contribution in [3.63, 3.8) is 0 Å². The fourth-order valence-electron chi connectivity index (χ4n) is 2.41. The number of ether oxygens (including phenoxy) is 1. The van der Waals surface area contributed by atoms with E-state index in [-0.39, 0.29) is 0 Å². The molecule has 0 saturated heterocycles. The van der Waals surface area contributed by atoms with Crippen LogP contribution in [0.4, 0.5) is 0 Å². The van der Waals surface area contributed by atoms with Crippen LogP contribution >= 0.6 is 11.6 Å². The zero-order chi connectivity index (χ0) is 14.1. The van der Waals surface area contributed by atoms with Gasteiger partial charge in [-0.15, -0.1) is 0 Å². The first kappa shape index (κ1) is 13.3. The number of benzene rings is 2. The molecule has 0 spiro atoms. The van der Waals surface area contributed by atoms with Crippen LogP contribution in [-0.2, 0) is 0 Å². The second-order valence-corrected chi connectivity index (χ2v) is 5.68. The van der Waals surface area contributed by atoms with Crippen molar-refractivity contribution < 1.29 is 4.74 Å². The number of halogens is 1. The minimum atomic E-state index is 0.591. The summed E-state index contributed by atoms with van der Waals surface area (Å²) in [4.78, 5) is 0. The molecule has 2 heteroatoms. The summed E-state index contributed by atoms with van der Waals surface area (Å²) in [6.45, 7) is 6.12. The highest BCUT2D eigenvalue weighted by atomic mass is 35.5. The largest absolute Gasteiger partial charge is 0.455 e. The first-order valence-corrected chi connectivity index (χ1v) is 7.26. The third kappa shape index (κ3) is 2.59. The summed E-state index contributed by atoms with van der Waals surface area (Å²) >= 11 is 6.31. The molecule has 0 bridgehead atoms. The van der Waals surface area contributed by atoms with Gasteiger partial charge in [0.2, 0.25) is 0 Å². The molecule has 1 fully saturated rings. The van der Waals surface area contributed by atoms with Crippen molar-refractivity contribution in [2.75, 3.05) is 0 Å². The molecule has 0 aromatic heterocycles. The van der Waals surface area contributed by atoms with E-state index >= 15 is 0 Å². The lowest BCUT2D eigenvalue weighted by molar-refractivity contribution is 0.509. The number of rotatable bonds is 4. The van der Waals surface area contributed by atoms with Crippen molar-refractivity contribution in [2.24, 2.45) is 0 Å². The summed E-state index contributed by atoms with van der Waals surface area (Å²) in [6.07, 6.45) is 2.43. The van der Waals surface area contributed by atoms with Crippen molar-refractivity contribution in [3.05, 3.63) is 70.8 Å². The maximum absolute atomic E-state index is 6.31. The Kier molecular flexibility index (Phi) is 3.54. The SMILES string of the molecule is C=C(Oc1c(Cl)cccc1C1CC1)c1ccccc1C. The Morgan fingerprint density at radius 3 is 2.60 bits per heavy atom. The van der Waals surface area contributed by atoms with Crippen molar-refractivity contribution in [3.8, 4) is 5.75 Å². The Balaban J connectivity index is 1.92. The van der Waals surface area contributed by atoms with E-state index in [2.05, 4.69) is 25.6 Å². The Labute approximate surface area is 124 Å². The molecule has 0 amide bonds. The molecular formula is C18H17ClO. The average molecular weight is 285 g/mol. The van der Waals surface area contributed by atoms with E-state index in [0.29, 0.717) is 16.7 Å². The fraction of sp³-hybridized carbons (Fsp3) is 0.222. The molecule has 0 unspecified atom stereocenters. The molecule has 1 saturated carbocycles. The Bertz CT molecular complexity index is 656. The van der Waals surface area contributed by atoms with Gasteiger partial charge in [-0.05, 0) is 42.9 Å². The van der Waals surface area contributed by atoms with E-state index in [1.807, 2.05) is 30.3 Å². The fourth-order valence-corrected chi connectivity index (χ4v) is 2.63. The van der Waals surface area contributed by atoms with Crippen LogP contribution in [-0.4, -0.2) is 0 Å². The summed E-state index contributed by atoms with van der Waals surface area (Å²) in [7, 11) is 0. The molecule has 1 aliphatic rings. The highest BCUT2D eigenvalue weighted by Gasteiger charge is 2.28. The summed E-state index contributed by atoms with van der Waals surface area (Å²) in [5.74, 6) is 2.01. The third-order valence-electron chi connectivity index (χ3n) is 3.69. The first-order valence-electron chi connectivity index (χ1n) is 6.88. The maximum Gasteiger partial charge on any atom is 0.149 e. The lowest BCUT2D eigenvalue weighted by atomic mass is 10.1. The second-order valence-electron chi connectivity index (χ2n) is 5.27. The van der Waals surface area contributed by atoms with E-state index < -0.39 is 0 Å². The van der Waals surface area contributed by atoms with Gasteiger partial charge in [0.25, 0.3) is 0 Å². The third-order valence-corrected chi connectivity index (χ3v) is 3.98. The van der Waals surface area contributed by atoms with Gasteiger partial charge in [-0.3, -0.25) is 0 Å². The van der Waals surface area contributed by atoms with E-state index in [4.69, 9.17) is 16.3 Å². The van der Waals surface area contributed by atoms with Gasteiger partial charge in [-0.2, -0.15) is 0 Å². The number of hydrogen-bond donors (Lipinski definition) is 0. The maximum atomic E-state index is 6.31. The molecule has 0 radical (unpaired) electrons. The Morgan fingerprint density at radius 2 is 1.90 bits per heavy atom. The van der Waals surface area contributed by atoms with Crippen LogP contribution in [0.3, 0.4) is 0 Å². The van der Waals surface area contributed by atoms with Crippen molar-refractivity contribution in [1.82, 2.24) is 0 Å². The normalized spacial score (nSPS) is 14.1. The van der Waals surface area contributed by atoms with Gasteiger partial charge < -0.3 is 4.74 Å². The van der Waals surface area contributed by atoms with Crippen LogP contribution in [0.15, 0.2) is 49.0 Å². The standard InChI is InChI=1S/C18H17ClO/c1-12-6-3-4-7-15(12)13(2)20-18-16(14-10-11-14)8-5-9-17(18)19/h3-9,14H,2,10-11H2,1H3. The summed E-state index contributed by atoms with van der Waals surface area (Å²) in [6, 6.07) is 14.0. The quantitative estimate of drug-likeness (QED) is 0.666. The van der Waals surface area contributed by atoms with E-state index in [0.717, 1.165) is 16.9 Å². The van der Waals surface area contributed by atoms with Crippen LogP contribution in [0.25, 0.3) is 5.76 Å². The molecule has 0 heterocycles. The predicted octanol–water partition coefficient (Wildman–Crippen LogP) is 5.58. The molecule has 1 aliphatic carbocycles. The summed E-state index contributed by atoms with van der Waals surface area (Å²) in [5.41, 5.74) is 3.37. The molecule has 3 rings (SSSR count). The first-order chi connectivity index (χ1) is 9.66. The monoisotopic (exact) mass is 284 g/mol. The van der Waals surface area contributed by atoms with Crippen LogP contribution in [0, 0.1) is 6.92 Å². The zero-order valence-corrected chi connectivity index (χ0v) is 12.3. The van der Waals surface area contributed by atoms with Gasteiger partial charge in [-0.1, -0.05) is 54.6 Å². The Morgan fingerprint density at radius 1 is 1.15 bits per heavy atom. The highest BCUT2D eigenvalue weighted by Crippen LogP contribution is 2.47. The predicted molar refractivity (Wildman–Crippen MR) is 84.3 cm³/mol. The smallest absolute Gasteiger partial charge is 0.149 e. The van der Waals surface area contributed by atoms with Crippen LogP contribution in [0.2, 0.25) is 5.02 Å². The van der Waals surface area contributed by atoms with Gasteiger partial charge >= 0.3 is 0 Å². The minimum Gasteiger partial charge on any atom is -0.455 e. The molecular weight excluding hydrogens is 268 g/mol. The minimum absolute atomic E-state index is 0.591. The average Bonchev–Trinajstić information content (AvgIpc) is 3.26. The zero-order valence-electron chi connectivity index (χ0n) is 11.5.